The molecular weight excluding hydrogens is 349 g/mol. The van der Waals surface area contributed by atoms with E-state index in [-0.39, 0.29) is 17.0 Å². The van der Waals surface area contributed by atoms with Crippen LogP contribution in [0.1, 0.15) is 43.4 Å². The highest BCUT2D eigenvalue weighted by molar-refractivity contribution is 5.96. The summed E-state index contributed by atoms with van der Waals surface area (Å²) >= 11 is 0. The fourth-order valence-electron chi connectivity index (χ4n) is 2.94. The van der Waals surface area contributed by atoms with Crippen molar-refractivity contribution < 1.29 is 14.0 Å². The Kier molecular flexibility index (Phi) is 4.91. The number of rotatable bonds is 2. The molecule has 0 atom stereocenters. The van der Waals surface area contributed by atoms with Gasteiger partial charge in [-0.25, -0.2) is 19.2 Å². The number of carbonyl (C=O) groups is 2. The van der Waals surface area contributed by atoms with E-state index in [1.165, 1.54) is 26.8 Å². The number of carbonyl (C=O) groups excluding carboxylic acids is 2. The van der Waals surface area contributed by atoms with Crippen LogP contribution in [0.5, 0.6) is 0 Å². The molecular formula is C19H24FN5O2. The lowest BCUT2D eigenvalue weighted by Gasteiger charge is -2.27. The van der Waals surface area contributed by atoms with E-state index in [0.29, 0.717) is 25.2 Å². The summed E-state index contributed by atoms with van der Waals surface area (Å²) in [5, 5.41) is 9.66. The van der Waals surface area contributed by atoms with Crippen LogP contribution in [-0.2, 0) is 12.5 Å². The van der Waals surface area contributed by atoms with Gasteiger partial charge >= 0.3 is 6.03 Å². The summed E-state index contributed by atoms with van der Waals surface area (Å²) in [7, 11) is 1.71. The smallest absolute Gasteiger partial charge is 0.304 e. The molecule has 8 heteroatoms. The first-order valence-corrected chi connectivity index (χ1v) is 8.88. The minimum atomic E-state index is -0.538. The van der Waals surface area contributed by atoms with Crippen LogP contribution in [0.2, 0.25) is 0 Å². The zero-order valence-corrected chi connectivity index (χ0v) is 16.0. The number of benzene rings is 1. The Morgan fingerprint density at radius 2 is 1.81 bits per heavy atom. The molecule has 0 aliphatic carbocycles. The first-order valence-electron chi connectivity index (χ1n) is 8.88. The summed E-state index contributed by atoms with van der Waals surface area (Å²) in [5.74, 6) is -0.828. The number of hydrogen-bond acceptors (Lipinski definition) is 3. The zero-order valence-electron chi connectivity index (χ0n) is 16.0. The summed E-state index contributed by atoms with van der Waals surface area (Å²) in [6.45, 7) is 6.87. The highest BCUT2D eigenvalue weighted by Crippen LogP contribution is 2.24. The Labute approximate surface area is 157 Å². The molecule has 1 aliphatic rings. The molecule has 1 aliphatic heterocycles. The van der Waals surface area contributed by atoms with E-state index in [9.17, 15) is 14.0 Å². The number of aryl methyl sites for hydroxylation is 1. The fraction of sp³-hybridized carbons (Fsp3) is 0.421. The molecule has 1 aromatic heterocycles. The molecule has 0 spiro atoms. The predicted molar refractivity (Wildman–Crippen MR) is 99.7 cm³/mol. The van der Waals surface area contributed by atoms with E-state index in [1.807, 2.05) is 20.8 Å². The Morgan fingerprint density at radius 3 is 2.44 bits per heavy atom. The van der Waals surface area contributed by atoms with Crippen molar-refractivity contribution in [1.29, 1.82) is 0 Å². The predicted octanol–water partition coefficient (Wildman–Crippen LogP) is 3.15. The van der Waals surface area contributed by atoms with E-state index >= 15 is 0 Å². The maximum absolute atomic E-state index is 13.8. The maximum Gasteiger partial charge on any atom is 0.340 e. The van der Waals surface area contributed by atoms with E-state index in [1.54, 1.807) is 25.2 Å². The molecule has 0 saturated carbocycles. The Hall–Kier alpha value is -2.90. The average molecular weight is 373 g/mol. The topological polar surface area (TPSA) is 70.5 Å². The van der Waals surface area contributed by atoms with Gasteiger partial charge in [0.15, 0.2) is 0 Å². The number of nitrogens with zero attached hydrogens (tertiary/aromatic N) is 4. The summed E-state index contributed by atoms with van der Waals surface area (Å²) in [5.41, 5.74) is 1.10. The van der Waals surface area contributed by atoms with Crippen molar-refractivity contribution in [2.45, 2.75) is 32.6 Å². The van der Waals surface area contributed by atoms with Gasteiger partial charge in [0.2, 0.25) is 0 Å². The minimum absolute atomic E-state index is 0.0809. The van der Waals surface area contributed by atoms with Gasteiger partial charge in [-0.2, -0.15) is 5.10 Å². The number of para-hydroxylation sites is 1. The van der Waals surface area contributed by atoms with E-state index < -0.39 is 11.8 Å². The summed E-state index contributed by atoms with van der Waals surface area (Å²) in [4.78, 5) is 25.6. The number of nitrogens with one attached hydrogen (secondary N) is 1. The first kappa shape index (κ1) is 18.9. The number of hydrogen-bond donors (Lipinski definition) is 1. The second-order valence-corrected chi connectivity index (χ2v) is 7.60. The Morgan fingerprint density at radius 1 is 1.15 bits per heavy atom. The Bertz CT molecular complexity index is 871. The molecule has 1 saturated heterocycles. The lowest BCUT2D eigenvalue weighted by atomic mass is 9.92. The van der Waals surface area contributed by atoms with Crippen LogP contribution in [0.15, 0.2) is 30.3 Å². The second kappa shape index (κ2) is 7.02. The van der Waals surface area contributed by atoms with Gasteiger partial charge in [0.1, 0.15) is 11.5 Å². The summed E-state index contributed by atoms with van der Waals surface area (Å²) in [6.07, 6.45) is 0.653. The molecule has 3 rings (SSSR count). The van der Waals surface area contributed by atoms with Crippen molar-refractivity contribution in [1.82, 2.24) is 19.8 Å². The van der Waals surface area contributed by atoms with Gasteiger partial charge in [-0.05, 0) is 24.6 Å². The van der Waals surface area contributed by atoms with Crippen LogP contribution < -0.4 is 5.32 Å². The highest BCUT2D eigenvalue weighted by atomic mass is 19.1. The molecule has 0 radical (unpaired) electrons. The Balaban J connectivity index is 1.80. The number of urea groups is 1. The van der Waals surface area contributed by atoms with Gasteiger partial charge in [-0.1, -0.05) is 32.9 Å². The third-order valence-corrected chi connectivity index (χ3v) is 4.48. The van der Waals surface area contributed by atoms with Crippen LogP contribution in [-0.4, -0.2) is 44.8 Å². The van der Waals surface area contributed by atoms with E-state index in [4.69, 9.17) is 0 Å². The van der Waals surface area contributed by atoms with Crippen LogP contribution in [0.25, 0.3) is 0 Å². The third kappa shape index (κ3) is 3.79. The van der Waals surface area contributed by atoms with Gasteiger partial charge < -0.3 is 5.32 Å². The lowest BCUT2D eigenvalue weighted by molar-refractivity contribution is 0.0393. The largest absolute Gasteiger partial charge is 0.340 e. The molecule has 144 valence electrons. The number of anilines is 1. The van der Waals surface area contributed by atoms with Crippen LogP contribution in [0.4, 0.5) is 14.9 Å². The van der Waals surface area contributed by atoms with Crippen molar-refractivity contribution in [2.75, 3.05) is 18.4 Å². The molecule has 3 amide bonds. The van der Waals surface area contributed by atoms with E-state index in [2.05, 4.69) is 10.4 Å². The summed E-state index contributed by atoms with van der Waals surface area (Å²) < 4.78 is 15.3. The molecule has 2 heterocycles. The number of aromatic nitrogens is 2. The van der Waals surface area contributed by atoms with Gasteiger partial charge in [0.05, 0.1) is 11.4 Å². The highest BCUT2D eigenvalue weighted by Gasteiger charge is 2.34. The molecule has 1 aromatic carbocycles. The second-order valence-electron chi connectivity index (χ2n) is 7.60. The van der Waals surface area contributed by atoms with Crippen LogP contribution in [0, 0.1) is 5.82 Å². The molecule has 0 bridgehead atoms. The average Bonchev–Trinajstić information content (AvgIpc) is 3.22. The molecule has 1 fully saturated rings. The van der Waals surface area contributed by atoms with Crippen molar-refractivity contribution in [2.24, 2.45) is 7.05 Å². The van der Waals surface area contributed by atoms with Crippen molar-refractivity contribution in [3.63, 3.8) is 0 Å². The third-order valence-electron chi connectivity index (χ3n) is 4.48. The first-order chi connectivity index (χ1) is 12.7. The number of amides is 3. The fourth-order valence-corrected chi connectivity index (χ4v) is 2.94. The monoisotopic (exact) mass is 373 g/mol. The quantitative estimate of drug-likeness (QED) is 0.879. The van der Waals surface area contributed by atoms with Crippen LogP contribution in [0.3, 0.4) is 0 Å². The zero-order chi connectivity index (χ0) is 19.8. The van der Waals surface area contributed by atoms with Gasteiger partial charge in [-0.3, -0.25) is 9.48 Å². The van der Waals surface area contributed by atoms with Crippen molar-refractivity contribution in [3.05, 3.63) is 47.5 Å². The van der Waals surface area contributed by atoms with Crippen molar-refractivity contribution in [3.8, 4) is 0 Å². The normalized spacial score (nSPS) is 14.6. The van der Waals surface area contributed by atoms with Gasteiger partial charge in [0.25, 0.3) is 5.91 Å². The molecule has 2 aromatic rings. The lowest BCUT2D eigenvalue weighted by Crippen LogP contribution is -2.47. The number of hydrazine groups is 1. The molecule has 7 nitrogen and oxygen atoms in total. The number of halogens is 1. The van der Waals surface area contributed by atoms with Crippen molar-refractivity contribution >= 4 is 17.6 Å². The standard InChI is InChI=1S/C19H24FN5O2/c1-19(2,3)16-12-15(23(4)22-16)17(26)24-10-7-11-25(24)18(27)21-14-9-6-5-8-13(14)20/h5-6,8-9,12H,7,10-11H2,1-4H3,(H,21,27). The SMILES string of the molecule is Cn1nc(C(C)(C)C)cc1C(=O)N1CCCN1C(=O)Nc1ccccc1F. The molecule has 0 unspecified atom stereocenters. The van der Waals surface area contributed by atoms with Gasteiger partial charge in [-0.15, -0.1) is 0 Å². The summed E-state index contributed by atoms with van der Waals surface area (Å²) in [6, 6.07) is 7.15. The van der Waals surface area contributed by atoms with Crippen LogP contribution >= 0.6 is 0 Å². The van der Waals surface area contributed by atoms with E-state index in [0.717, 1.165) is 5.69 Å². The molecule has 1 N–H and O–H groups in total. The molecule has 27 heavy (non-hydrogen) atoms. The minimum Gasteiger partial charge on any atom is -0.304 e. The maximum atomic E-state index is 13.8. The van der Waals surface area contributed by atoms with Gasteiger partial charge in [0, 0.05) is 25.6 Å².